The van der Waals surface area contributed by atoms with Gasteiger partial charge in [0, 0.05) is 38.5 Å². The van der Waals surface area contributed by atoms with Gasteiger partial charge in [-0.05, 0) is 19.3 Å². The molecule has 0 atom stereocenters. The molecular weight excluding hydrogens is 309 g/mol. The summed E-state index contributed by atoms with van der Waals surface area (Å²) in [5, 5.41) is 10.2. The smallest absolute Gasteiger partial charge is 0.361 e. The average molecular weight is 334 g/mol. The summed E-state index contributed by atoms with van der Waals surface area (Å²) in [4.78, 5) is 4.07. The Labute approximate surface area is 134 Å². The van der Waals surface area contributed by atoms with Crippen molar-refractivity contribution in [2.75, 3.05) is 13.6 Å². The van der Waals surface area contributed by atoms with Crippen molar-refractivity contribution in [1.82, 2.24) is 15.8 Å². The van der Waals surface area contributed by atoms with Gasteiger partial charge in [0.1, 0.15) is 5.76 Å². The first-order valence-electron chi connectivity index (χ1n) is 7.88. The third kappa shape index (κ3) is 6.92. The standard InChI is InChI=1S/C15H25F3N4O/c1-4-12-11(13(5-2)23-22-12)10-21-14(19-3)20-9-7-6-8-15(16,17)18/h4-10H2,1-3H3,(H2,19,20,21). The average Bonchev–Trinajstić information content (AvgIpc) is 2.90. The molecule has 0 bridgehead atoms. The molecule has 0 aliphatic carbocycles. The van der Waals surface area contributed by atoms with Crippen molar-refractivity contribution in [3.05, 3.63) is 17.0 Å². The first kappa shape index (κ1) is 19.3. The maximum absolute atomic E-state index is 12.1. The second-order valence-electron chi connectivity index (χ2n) is 5.16. The molecule has 0 unspecified atom stereocenters. The number of alkyl halides is 3. The molecule has 1 aromatic heterocycles. The van der Waals surface area contributed by atoms with Crippen LogP contribution in [0.3, 0.4) is 0 Å². The first-order chi connectivity index (χ1) is 10.9. The summed E-state index contributed by atoms with van der Waals surface area (Å²) in [5.74, 6) is 1.40. The van der Waals surface area contributed by atoms with Gasteiger partial charge in [0.05, 0.1) is 5.69 Å². The van der Waals surface area contributed by atoms with Gasteiger partial charge in [-0.15, -0.1) is 0 Å². The van der Waals surface area contributed by atoms with Crippen molar-refractivity contribution >= 4 is 5.96 Å². The number of nitrogens with zero attached hydrogens (tertiary/aromatic N) is 2. The van der Waals surface area contributed by atoms with Gasteiger partial charge in [0.25, 0.3) is 0 Å². The Morgan fingerprint density at radius 2 is 1.91 bits per heavy atom. The number of aliphatic imine (C=N–C) groups is 1. The van der Waals surface area contributed by atoms with Gasteiger partial charge in [-0.25, -0.2) is 0 Å². The van der Waals surface area contributed by atoms with Crippen LogP contribution in [0, 0.1) is 0 Å². The monoisotopic (exact) mass is 334 g/mol. The van der Waals surface area contributed by atoms with E-state index in [1.807, 2.05) is 13.8 Å². The molecular formula is C15H25F3N4O. The number of hydrogen-bond donors (Lipinski definition) is 2. The fourth-order valence-corrected chi connectivity index (χ4v) is 2.19. The van der Waals surface area contributed by atoms with Crippen molar-refractivity contribution in [3.8, 4) is 0 Å². The first-order valence-corrected chi connectivity index (χ1v) is 7.88. The maximum atomic E-state index is 12.1. The van der Waals surface area contributed by atoms with Crippen LogP contribution in [0.15, 0.2) is 9.52 Å². The summed E-state index contributed by atoms with van der Waals surface area (Å²) in [5.41, 5.74) is 1.94. The van der Waals surface area contributed by atoms with Crippen molar-refractivity contribution in [1.29, 1.82) is 0 Å². The molecule has 0 aromatic carbocycles. The summed E-state index contributed by atoms with van der Waals surface area (Å²) in [6.45, 7) is 4.98. The molecule has 8 heteroatoms. The van der Waals surface area contributed by atoms with Crippen LogP contribution >= 0.6 is 0 Å². The van der Waals surface area contributed by atoms with Crippen LogP contribution in [0.4, 0.5) is 13.2 Å². The Morgan fingerprint density at radius 1 is 1.17 bits per heavy atom. The zero-order valence-electron chi connectivity index (χ0n) is 13.9. The number of halogens is 3. The Hall–Kier alpha value is -1.73. The Kier molecular flexibility index (Phi) is 7.91. The van der Waals surface area contributed by atoms with Crippen LogP contribution in [0.5, 0.6) is 0 Å². The lowest BCUT2D eigenvalue weighted by Gasteiger charge is -2.12. The van der Waals surface area contributed by atoms with Gasteiger partial charge in [-0.3, -0.25) is 4.99 Å². The molecule has 1 rings (SSSR count). The van der Waals surface area contributed by atoms with E-state index in [0.29, 0.717) is 25.5 Å². The Bertz CT molecular complexity index is 476. The molecule has 0 amide bonds. The minimum Gasteiger partial charge on any atom is -0.361 e. The van der Waals surface area contributed by atoms with E-state index in [4.69, 9.17) is 4.52 Å². The third-order valence-electron chi connectivity index (χ3n) is 3.44. The zero-order chi connectivity index (χ0) is 17.3. The van der Waals surface area contributed by atoms with Crippen LogP contribution in [0.25, 0.3) is 0 Å². The normalized spacial score (nSPS) is 12.5. The van der Waals surface area contributed by atoms with E-state index < -0.39 is 12.6 Å². The summed E-state index contributed by atoms with van der Waals surface area (Å²) in [6.07, 6.45) is -2.74. The number of hydrogen-bond acceptors (Lipinski definition) is 3. The molecule has 1 aromatic rings. The number of rotatable bonds is 8. The van der Waals surface area contributed by atoms with Gasteiger partial charge >= 0.3 is 6.18 Å². The molecule has 23 heavy (non-hydrogen) atoms. The molecule has 0 spiro atoms. The number of unbranched alkanes of at least 4 members (excludes halogenated alkanes) is 1. The minimum absolute atomic E-state index is 0.110. The van der Waals surface area contributed by atoms with Crippen molar-refractivity contribution in [3.63, 3.8) is 0 Å². The van der Waals surface area contributed by atoms with Crippen molar-refractivity contribution in [2.45, 2.75) is 58.7 Å². The number of aryl methyl sites for hydroxylation is 2. The topological polar surface area (TPSA) is 62.5 Å². The number of aromatic nitrogens is 1. The summed E-state index contributed by atoms with van der Waals surface area (Å²) in [6, 6.07) is 0. The molecule has 0 fully saturated rings. The molecule has 0 saturated heterocycles. The van der Waals surface area contributed by atoms with E-state index in [1.54, 1.807) is 7.05 Å². The molecule has 1 heterocycles. The van der Waals surface area contributed by atoms with Crippen molar-refractivity contribution < 1.29 is 17.7 Å². The van der Waals surface area contributed by atoms with E-state index in [1.165, 1.54) is 0 Å². The quantitative estimate of drug-likeness (QED) is 0.435. The Balaban J connectivity index is 2.39. The highest BCUT2D eigenvalue weighted by atomic mass is 19.4. The summed E-state index contributed by atoms with van der Waals surface area (Å²) < 4.78 is 41.5. The lowest BCUT2D eigenvalue weighted by molar-refractivity contribution is -0.135. The van der Waals surface area contributed by atoms with Gasteiger partial charge in [0.2, 0.25) is 0 Å². The molecule has 0 saturated carbocycles. The van der Waals surface area contributed by atoms with E-state index in [-0.39, 0.29) is 6.42 Å². The highest BCUT2D eigenvalue weighted by Crippen LogP contribution is 2.21. The lowest BCUT2D eigenvalue weighted by Crippen LogP contribution is -2.37. The van der Waals surface area contributed by atoms with Gasteiger partial charge in [-0.2, -0.15) is 13.2 Å². The van der Waals surface area contributed by atoms with Crippen LogP contribution < -0.4 is 10.6 Å². The fourth-order valence-electron chi connectivity index (χ4n) is 2.19. The molecule has 0 aliphatic heterocycles. The maximum Gasteiger partial charge on any atom is 0.389 e. The van der Waals surface area contributed by atoms with Crippen LogP contribution in [-0.4, -0.2) is 30.9 Å². The SMILES string of the molecule is CCc1noc(CC)c1CNC(=NC)NCCCCC(F)(F)F. The predicted octanol–water partition coefficient (Wildman–Crippen LogP) is 3.20. The van der Waals surface area contributed by atoms with E-state index in [0.717, 1.165) is 29.9 Å². The highest BCUT2D eigenvalue weighted by molar-refractivity contribution is 5.79. The largest absolute Gasteiger partial charge is 0.389 e. The zero-order valence-corrected chi connectivity index (χ0v) is 13.9. The van der Waals surface area contributed by atoms with Crippen molar-refractivity contribution in [2.24, 2.45) is 4.99 Å². The van der Waals surface area contributed by atoms with E-state index >= 15 is 0 Å². The van der Waals surface area contributed by atoms with E-state index in [2.05, 4.69) is 20.8 Å². The molecule has 0 radical (unpaired) electrons. The second kappa shape index (κ2) is 9.42. The van der Waals surface area contributed by atoms with Gasteiger partial charge < -0.3 is 15.2 Å². The Morgan fingerprint density at radius 3 is 2.48 bits per heavy atom. The summed E-state index contributed by atoms with van der Waals surface area (Å²) >= 11 is 0. The highest BCUT2D eigenvalue weighted by Gasteiger charge is 2.25. The summed E-state index contributed by atoms with van der Waals surface area (Å²) in [7, 11) is 1.63. The fraction of sp³-hybridized carbons (Fsp3) is 0.733. The lowest BCUT2D eigenvalue weighted by atomic mass is 10.1. The van der Waals surface area contributed by atoms with Gasteiger partial charge in [0.15, 0.2) is 5.96 Å². The second-order valence-corrected chi connectivity index (χ2v) is 5.16. The van der Waals surface area contributed by atoms with Crippen LogP contribution in [-0.2, 0) is 19.4 Å². The predicted molar refractivity (Wildman–Crippen MR) is 83.4 cm³/mol. The molecule has 2 N–H and O–H groups in total. The van der Waals surface area contributed by atoms with Crippen LogP contribution in [0.2, 0.25) is 0 Å². The number of nitrogens with one attached hydrogen (secondary N) is 2. The molecule has 0 aliphatic rings. The minimum atomic E-state index is -4.08. The third-order valence-corrected chi connectivity index (χ3v) is 3.44. The molecule has 5 nitrogen and oxygen atoms in total. The van der Waals surface area contributed by atoms with E-state index in [9.17, 15) is 13.2 Å². The van der Waals surface area contributed by atoms with Gasteiger partial charge in [-0.1, -0.05) is 19.0 Å². The number of guanidine groups is 1. The molecule has 132 valence electrons. The van der Waals surface area contributed by atoms with Crippen LogP contribution in [0.1, 0.15) is 50.1 Å².